The van der Waals surface area contributed by atoms with E-state index in [1.165, 1.54) is 340 Å². The van der Waals surface area contributed by atoms with Crippen molar-refractivity contribution in [3.05, 3.63) is 36.5 Å². The number of rotatable bonds is 70. The molecule has 484 valence electrons. The number of hydrogen-bond acceptors (Lipinski definition) is 5. The number of esters is 1. The van der Waals surface area contributed by atoms with Crippen LogP contribution in [-0.2, 0) is 14.3 Å². The van der Waals surface area contributed by atoms with Gasteiger partial charge >= 0.3 is 5.97 Å². The molecule has 0 aliphatic carbocycles. The lowest BCUT2D eigenvalue weighted by atomic mass is 10.0. The van der Waals surface area contributed by atoms with Gasteiger partial charge in [0.05, 0.1) is 25.4 Å². The second kappa shape index (κ2) is 71.6. The Balaban J connectivity index is 3.38. The molecular formula is C76H145NO5. The summed E-state index contributed by atoms with van der Waals surface area (Å²) in [6.45, 7) is 4.94. The third-order valence-corrected chi connectivity index (χ3v) is 17.4. The van der Waals surface area contributed by atoms with Gasteiger partial charge in [-0.25, -0.2) is 0 Å². The van der Waals surface area contributed by atoms with E-state index in [2.05, 4.69) is 43.5 Å². The van der Waals surface area contributed by atoms with Gasteiger partial charge < -0.3 is 20.3 Å². The zero-order valence-corrected chi connectivity index (χ0v) is 55.5. The topological polar surface area (TPSA) is 95.9 Å². The van der Waals surface area contributed by atoms with Crippen molar-refractivity contribution in [3.63, 3.8) is 0 Å². The lowest BCUT2D eigenvalue weighted by Crippen LogP contribution is -2.45. The van der Waals surface area contributed by atoms with E-state index in [1.54, 1.807) is 6.08 Å². The maximum Gasteiger partial charge on any atom is 0.305 e. The van der Waals surface area contributed by atoms with Crippen LogP contribution in [0.3, 0.4) is 0 Å². The van der Waals surface area contributed by atoms with Gasteiger partial charge in [0.1, 0.15) is 0 Å². The number of carbonyl (C=O) groups is 2. The Morgan fingerprint density at radius 2 is 0.610 bits per heavy atom. The third-order valence-electron chi connectivity index (χ3n) is 17.4. The number of allylic oxidation sites excluding steroid dienone is 5. The van der Waals surface area contributed by atoms with Gasteiger partial charge in [-0.3, -0.25) is 9.59 Å². The Morgan fingerprint density at radius 1 is 0.341 bits per heavy atom. The van der Waals surface area contributed by atoms with Crippen LogP contribution in [0.2, 0.25) is 0 Å². The maximum absolute atomic E-state index is 12.5. The van der Waals surface area contributed by atoms with Crippen LogP contribution in [-0.4, -0.2) is 47.4 Å². The van der Waals surface area contributed by atoms with Gasteiger partial charge in [0.25, 0.3) is 0 Å². The Kier molecular flexibility index (Phi) is 69.9. The predicted octanol–water partition coefficient (Wildman–Crippen LogP) is 24.3. The lowest BCUT2D eigenvalue weighted by molar-refractivity contribution is -0.143. The van der Waals surface area contributed by atoms with E-state index in [9.17, 15) is 19.8 Å². The van der Waals surface area contributed by atoms with Crippen LogP contribution in [0.5, 0.6) is 0 Å². The summed E-state index contributed by atoms with van der Waals surface area (Å²) in [5, 5.41) is 23.2. The minimum absolute atomic E-state index is 0.0184. The number of nitrogens with one attached hydrogen (secondary N) is 1. The molecule has 0 aromatic carbocycles. The molecule has 1 amide bonds. The molecule has 0 aliphatic heterocycles. The summed E-state index contributed by atoms with van der Waals surface area (Å²) in [6, 6.07) is -0.626. The van der Waals surface area contributed by atoms with Crippen molar-refractivity contribution >= 4 is 11.9 Å². The van der Waals surface area contributed by atoms with E-state index < -0.39 is 12.1 Å². The first kappa shape index (κ1) is 80.1. The summed E-state index contributed by atoms with van der Waals surface area (Å²) in [5.74, 6) is -0.0453. The number of unbranched alkanes of at least 4 members (excludes halogenated alkanes) is 55. The molecule has 0 radical (unpaired) electrons. The van der Waals surface area contributed by atoms with E-state index in [-0.39, 0.29) is 18.5 Å². The average Bonchev–Trinajstić information content (AvgIpc) is 3.48. The third kappa shape index (κ3) is 67.2. The second-order valence-electron chi connectivity index (χ2n) is 25.6. The Hall–Kier alpha value is -1.92. The highest BCUT2D eigenvalue weighted by Crippen LogP contribution is 2.19. The normalized spacial score (nSPS) is 12.7. The number of aliphatic hydroxyl groups is 2. The zero-order valence-electron chi connectivity index (χ0n) is 55.5. The van der Waals surface area contributed by atoms with E-state index in [0.29, 0.717) is 19.4 Å². The smallest absolute Gasteiger partial charge is 0.305 e. The molecule has 0 bridgehead atoms. The van der Waals surface area contributed by atoms with E-state index in [0.717, 1.165) is 44.9 Å². The summed E-state index contributed by atoms with van der Waals surface area (Å²) in [6.07, 6.45) is 92.5. The molecule has 0 rings (SSSR count). The molecule has 0 fully saturated rings. The van der Waals surface area contributed by atoms with Gasteiger partial charge in [0.2, 0.25) is 5.91 Å². The first-order chi connectivity index (χ1) is 40.5. The molecular weight excluding hydrogens is 1010 g/mol. The van der Waals surface area contributed by atoms with Crippen LogP contribution in [0.15, 0.2) is 36.5 Å². The van der Waals surface area contributed by atoms with Crippen LogP contribution < -0.4 is 5.32 Å². The fourth-order valence-electron chi connectivity index (χ4n) is 11.7. The molecule has 6 heteroatoms. The van der Waals surface area contributed by atoms with Crippen molar-refractivity contribution in [2.45, 2.75) is 424 Å². The van der Waals surface area contributed by atoms with E-state index in [1.807, 2.05) is 6.08 Å². The summed E-state index contributed by atoms with van der Waals surface area (Å²) >= 11 is 0. The SMILES string of the molecule is CCCCCCCCCCCCCCC/C=C/C(O)C(CO)NC(=O)CCCCCCCCCCCCCCCCCCC/C=C\C/C=C\CCCCCCCCCCCOC(=O)CCCCCCCCCCCCCCCCCCC. The Labute approximate surface area is 513 Å². The van der Waals surface area contributed by atoms with Gasteiger partial charge in [-0.15, -0.1) is 0 Å². The molecule has 0 heterocycles. The summed E-state index contributed by atoms with van der Waals surface area (Å²) < 4.78 is 5.51. The molecule has 0 saturated carbocycles. The molecule has 0 aromatic rings. The minimum atomic E-state index is -0.843. The Bertz CT molecular complexity index is 1330. The number of aliphatic hydroxyl groups excluding tert-OH is 2. The fourth-order valence-corrected chi connectivity index (χ4v) is 11.7. The molecule has 0 saturated heterocycles. The molecule has 6 nitrogen and oxygen atoms in total. The van der Waals surface area contributed by atoms with Gasteiger partial charge in [-0.2, -0.15) is 0 Å². The molecule has 0 aromatic heterocycles. The Morgan fingerprint density at radius 3 is 0.927 bits per heavy atom. The molecule has 0 spiro atoms. The van der Waals surface area contributed by atoms with Crippen LogP contribution >= 0.6 is 0 Å². The van der Waals surface area contributed by atoms with Crippen molar-refractivity contribution in [2.75, 3.05) is 13.2 Å². The molecule has 2 atom stereocenters. The van der Waals surface area contributed by atoms with Crippen LogP contribution in [0.4, 0.5) is 0 Å². The van der Waals surface area contributed by atoms with Crippen molar-refractivity contribution in [1.82, 2.24) is 5.32 Å². The maximum atomic E-state index is 12.5. The van der Waals surface area contributed by atoms with Crippen molar-refractivity contribution in [3.8, 4) is 0 Å². The fraction of sp³-hybridized carbons (Fsp3) is 0.895. The number of hydrogen-bond donors (Lipinski definition) is 3. The quantitative estimate of drug-likeness (QED) is 0.0320. The first-order valence-electron chi connectivity index (χ1n) is 37.3. The summed E-state index contributed by atoms with van der Waals surface area (Å²) in [4.78, 5) is 24.6. The molecule has 0 aliphatic rings. The molecule has 3 N–H and O–H groups in total. The highest BCUT2D eigenvalue weighted by atomic mass is 16.5. The number of carbonyl (C=O) groups excluding carboxylic acids is 2. The van der Waals surface area contributed by atoms with Crippen LogP contribution in [0.25, 0.3) is 0 Å². The van der Waals surface area contributed by atoms with Gasteiger partial charge in [0.15, 0.2) is 0 Å². The van der Waals surface area contributed by atoms with Gasteiger partial charge in [-0.05, 0) is 64.2 Å². The first-order valence-corrected chi connectivity index (χ1v) is 37.3. The van der Waals surface area contributed by atoms with E-state index in [4.69, 9.17) is 4.74 Å². The summed E-state index contributed by atoms with van der Waals surface area (Å²) in [7, 11) is 0. The van der Waals surface area contributed by atoms with Gasteiger partial charge in [0, 0.05) is 12.8 Å². The van der Waals surface area contributed by atoms with Crippen LogP contribution in [0, 0.1) is 0 Å². The van der Waals surface area contributed by atoms with Crippen molar-refractivity contribution in [2.24, 2.45) is 0 Å². The highest BCUT2D eigenvalue weighted by molar-refractivity contribution is 5.76. The van der Waals surface area contributed by atoms with Crippen molar-refractivity contribution < 1.29 is 24.5 Å². The standard InChI is InChI=1S/C76H145NO5/c1-3-5-7-9-11-13-15-17-19-37-42-46-50-54-58-62-66-70-76(81)82-71-67-63-59-55-51-47-43-39-36-34-32-30-28-26-24-22-20-21-23-25-27-29-31-33-35-38-41-45-49-53-57-61-65-69-75(80)77-73(72-78)74(79)68-64-60-56-52-48-44-40-18-16-14-12-10-8-6-4-2/h24,26,30,32,64,68,73-74,78-79H,3-23,25,27-29,31,33-63,65-67,69-72H2,1-2H3,(H,77,80)/b26-24-,32-30-,68-64+. The number of amides is 1. The second-order valence-corrected chi connectivity index (χ2v) is 25.6. The largest absolute Gasteiger partial charge is 0.466 e. The molecule has 82 heavy (non-hydrogen) atoms. The number of ether oxygens (including phenoxy) is 1. The minimum Gasteiger partial charge on any atom is -0.466 e. The summed E-state index contributed by atoms with van der Waals surface area (Å²) in [5.41, 5.74) is 0. The van der Waals surface area contributed by atoms with Crippen LogP contribution in [0.1, 0.15) is 412 Å². The zero-order chi connectivity index (χ0) is 59.2. The van der Waals surface area contributed by atoms with Gasteiger partial charge in [-0.1, -0.05) is 371 Å². The van der Waals surface area contributed by atoms with Crippen molar-refractivity contribution in [1.29, 1.82) is 0 Å². The lowest BCUT2D eigenvalue weighted by Gasteiger charge is -2.20. The predicted molar refractivity (Wildman–Crippen MR) is 361 cm³/mol. The monoisotopic (exact) mass is 1150 g/mol. The molecule has 2 unspecified atom stereocenters. The van der Waals surface area contributed by atoms with E-state index >= 15 is 0 Å². The highest BCUT2D eigenvalue weighted by Gasteiger charge is 2.18. The average molecular weight is 1150 g/mol.